The van der Waals surface area contributed by atoms with Gasteiger partial charge < -0.3 is 0 Å². The molecule has 0 saturated carbocycles. The fourth-order valence-corrected chi connectivity index (χ4v) is 10.4. The molecule has 12 aromatic rings. The zero-order chi connectivity index (χ0) is 38.2. The summed E-state index contributed by atoms with van der Waals surface area (Å²) < 4.78 is 3.67. The van der Waals surface area contributed by atoms with Crippen molar-refractivity contribution in [2.45, 2.75) is 0 Å². The second-order valence-electron chi connectivity index (χ2n) is 14.7. The van der Waals surface area contributed by atoms with Crippen molar-refractivity contribution in [2.75, 3.05) is 0 Å². The number of thiophene rings is 1. The van der Waals surface area contributed by atoms with Crippen LogP contribution in [0.2, 0.25) is 0 Å². The van der Waals surface area contributed by atoms with Crippen LogP contribution in [-0.4, -0.2) is 19.9 Å². The van der Waals surface area contributed by atoms with Crippen LogP contribution in [0, 0.1) is 0 Å². The predicted molar refractivity (Wildman–Crippen MR) is 246 cm³/mol. The molecule has 0 bridgehead atoms. The van der Waals surface area contributed by atoms with Gasteiger partial charge in [0.25, 0.3) is 0 Å². The van der Waals surface area contributed by atoms with Crippen molar-refractivity contribution in [3.8, 4) is 55.9 Å². The molecule has 0 amide bonds. The molecule has 3 heterocycles. The molecule has 3 aromatic heterocycles. The van der Waals surface area contributed by atoms with E-state index in [1.54, 1.807) is 11.3 Å². The largest absolute Gasteiger partial charge is 0.236 e. The maximum Gasteiger partial charge on any atom is 0.164 e. The third-order valence-electron chi connectivity index (χ3n) is 11.1. The third kappa shape index (κ3) is 5.57. The smallest absolute Gasteiger partial charge is 0.164 e. The lowest BCUT2D eigenvalue weighted by Crippen LogP contribution is -2.00. The minimum atomic E-state index is 0.638. The summed E-state index contributed by atoms with van der Waals surface area (Å²) in [6.45, 7) is 0. The van der Waals surface area contributed by atoms with Gasteiger partial charge in [-0.1, -0.05) is 140 Å². The van der Waals surface area contributed by atoms with Crippen LogP contribution in [-0.2, 0) is 0 Å². The van der Waals surface area contributed by atoms with Gasteiger partial charge in [-0.2, -0.15) is 0 Å². The lowest BCUT2D eigenvalue weighted by Gasteiger charge is -2.13. The van der Waals surface area contributed by atoms with Gasteiger partial charge in [0, 0.05) is 42.4 Å². The van der Waals surface area contributed by atoms with Gasteiger partial charge in [0.1, 0.15) is 5.01 Å². The van der Waals surface area contributed by atoms with Gasteiger partial charge >= 0.3 is 0 Å². The highest BCUT2D eigenvalue weighted by molar-refractivity contribution is 7.26. The number of thiazole rings is 1. The minimum Gasteiger partial charge on any atom is -0.236 e. The SMILES string of the molecule is c1ccc(-c2nc(-c3ccc4ccccc4c3)nc(-c3cc(-c4cccc5sc6cc7nc(-c8ccc9ccccc9c8)sc7cc6c45)c4ccccc4c3)n2)cc1. The molecule has 12 rings (SSSR count). The zero-order valence-corrected chi connectivity index (χ0v) is 32.6. The predicted octanol–water partition coefficient (Wildman–Crippen LogP) is 14.6. The third-order valence-corrected chi connectivity index (χ3v) is 13.3. The van der Waals surface area contributed by atoms with Gasteiger partial charge in [-0.3, -0.25) is 0 Å². The van der Waals surface area contributed by atoms with Crippen LogP contribution < -0.4 is 0 Å². The van der Waals surface area contributed by atoms with E-state index in [0.29, 0.717) is 17.5 Å². The summed E-state index contributed by atoms with van der Waals surface area (Å²) in [6.07, 6.45) is 0. The molecule has 6 heteroatoms. The standard InChI is InChI=1S/C52H30N4S2/c1-2-13-33(14-3-1)49-54-50(37-23-21-31-11-4-6-15-34(31)25-37)56-51(55-49)39-27-36-17-8-9-18-40(36)42(28-39)41-19-10-20-45-48(41)43-29-47-44(30-46(43)57-45)53-52(58-47)38-24-22-32-12-5-7-16-35(32)26-38/h1-30H. The Morgan fingerprint density at radius 1 is 0.310 bits per heavy atom. The van der Waals surface area contributed by atoms with Crippen LogP contribution in [0.1, 0.15) is 0 Å². The first-order valence-corrected chi connectivity index (χ1v) is 20.9. The summed E-state index contributed by atoms with van der Waals surface area (Å²) in [5, 5.41) is 10.6. The molecule has 4 nitrogen and oxygen atoms in total. The number of fused-ring (bicyclic) bond motifs is 7. The summed E-state index contributed by atoms with van der Waals surface area (Å²) >= 11 is 3.59. The molecule has 0 fully saturated rings. The van der Waals surface area contributed by atoms with Crippen molar-refractivity contribution >= 4 is 85.4 Å². The maximum atomic E-state index is 5.20. The molecule has 58 heavy (non-hydrogen) atoms. The van der Waals surface area contributed by atoms with Crippen molar-refractivity contribution in [3.05, 3.63) is 182 Å². The van der Waals surface area contributed by atoms with Crippen molar-refractivity contribution in [3.63, 3.8) is 0 Å². The Bertz CT molecular complexity index is 3590. The molecule has 0 atom stereocenters. The summed E-state index contributed by atoms with van der Waals surface area (Å²) in [6, 6.07) is 64.6. The first-order chi connectivity index (χ1) is 28.7. The van der Waals surface area contributed by atoms with Crippen LogP contribution >= 0.6 is 22.7 Å². The molecule has 0 saturated heterocycles. The van der Waals surface area contributed by atoms with Gasteiger partial charge in [0.05, 0.1) is 10.2 Å². The van der Waals surface area contributed by atoms with E-state index in [9.17, 15) is 0 Å². The Labute approximate surface area is 341 Å². The average Bonchev–Trinajstić information content (AvgIpc) is 3.88. The first-order valence-electron chi connectivity index (χ1n) is 19.3. The maximum absolute atomic E-state index is 5.20. The van der Waals surface area contributed by atoms with Crippen LogP contribution in [0.4, 0.5) is 0 Å². The fourth-order valence-electron chi connectivity index (χ4n) is 8.26. The average molecular weight is 775 g/mol. The number of nitrogens with zero attached hydrogens (tertiary/aromatic N) is 4. The molecular weight excluding hydrogens is 745 g/mol. The Morgan fingerprint density at radius 2 is 0.931 bits per heavy atom. The van der Waals surface area contributed by atoms with E-state index in [2.05, 4.69) is 164 Å². The second kappa shape index (κ2) is 13.2. The molecular formula is C52H30N4S2. The molecule has 0 unspecified atom stereocenters. The summed E-state index contributed by atoms with van der Waals surface area (Å²) in [7, 11) is 0. The summed E-state index contributed by atoms with van der Waals surface area (Å²) in [5.74, 6) is 1.93. The molecule has 9 aromatic carbocycles. The molecule has 0 spiro atoms. The molecule has 0 aliphatic carbocycles. The van der Waals surface area contributed by atoms with Crippen molar-refractivity contribution in [1.29, 1.82) is 0 Å². The van der Waals surface area contributed by atoms with Crippen LogP contribution in [0.25, 0.3) is 119 Å². The zero-order valence-electron chi connectivity index (χ0n) is 30.9. The number of benzene rings is 9. The quantitative estimate of drug-likeness (QED) is 0.175. The topological polar surface area (TPSA) is 51.6 Å². The van der Waals surface area contributed by atoms with E-state index in [0.717, 1.165) is 49.1 Å². The van der Waals surface area contributed by atoms with Gasteiger partial charge in [0.2, 0.25) is 0 Å². The normalized spacial score (nSPS) is 11.8. The van der Waals surface area contributed by atoms with Crippen molar-refractivity contribution < 1.29 is 0 Å². The molecule has 0 aliphatic heterocycles. The summed E-state index contributed by atoms with van der Waals surface area (Å²) in [5.41, 5.74) is 7.36. The van der Waals surface area contributed by atoms with E-state index in [1.165, 1.54) is 52.0 Å². The molecule has 0 N–H and O–H groups in total. The van der Waals surface area contributed by atoms with Gasteiger partial charge in [-0.05, 0) is 85.9 Å². The van der Waals surface area contributed by atoms with E-state index < -0.39 is 0 Å². The van der Waals surface area contributed by atoms with Crippen LogP contribution in [0.5, 0.6) is 0 Å². The summed E-state index contributed by atoms with van der Waals surface area (Å²) in [4.78, 5) is 20.6. The number of hydrogen-bond acceptors (Lipinski definition) is 6. The number of aromatic nitrogens is 4. The van der Waals surface area contributed by atoms with Crippen molar-refractivity contribution in [2.24, 2.45) is 0 Å². The van der Waals surface area contributed by atoms with Crippen LogP contribution in [0.15, 0.2) is 182 Å². The monoisotopic (exact) mass is 774 g/mol. The lowest BCUT2D eigenvalue weighted by atomic mass is 9.92. The van der Waals surface area contributed by atoms with E-state index in [4.69, 9.17) is 19.9 Å². The number of hydrogen-bond donors (Lipinski definition) is 0. The van der Waals surface area contributed by atoms with E-state index >= 15 is 0 Å². The lowest BCUT2D eigenvalue weighted by molar-refractivity contribution is 1.08. The second-order valence-corrected chi connectivity index (χ2v) is 16.8. The Balaban J connectivity index is 1.05. The van der Waals surface area contributed by atoms with Crippen molar-refractivity contribution in [1.82, 2.24) is 19.9 Å². The molecule has 270 valence electrons. The van der Waals surface area contributed by atoms with Gasteiger partial charge in [-0.15, -0.1) is 22.7 Å². The highest BCUT2D eigenvalue weighted by Crippen LogP contribution is 2.45. The highest BCUT2D eigenvalue weighted by atomic mass is 32.1. The Kier molecular flexibility index (Phi) is 7.55. The molecule has 0 radical (unpaired) electrons. The fraction of sp³-hybridized carbons (Fsp3) is 0. The Hall–Kier alpha value is -7.12. The van der Waals surface area contributed by atoms with Crippen LogP contribution in [0.3, 0.4) is 0 Å². The highest BCUT2D eigenvalue weighted by Gasteiger charge is 2.19. The van der Waals surface area contributed by atoms with E-state index in [1.807, 2.05) is 29.5 Å². The Morgan fingerprint density at radius 3 is 1.71 bits per heavy atom. The minimum absolute atomic E-state index is 0.638. The van der Waals surface area contributed by atoms with E-state index in [-0.39, 0.29) is 0 Å². The number of rotatable bonds is 5. The first kappa shape index (κ1) is 33.1. The van der Waals surface area contributed by atoms with Gasteiger partial charge in [-0.25, -0.2) is 19.9 Å². The van der Waals surface area contributed by atoms with Gasteiger partial charge in [0.15, 0.2) is 17.5 Å². The molecule has 0 aliphatic rings.